The Bertz CT molecular complexity index is 301. The second kappa shape index (κ2) is 4.09. The van der Waals surface area contributed by atoms with Gasteiger partial charge < -0.3 is 11.1 Å². The highest BCUT2D eigenvalue weighted by Gasteiger charge is 2.23. The minimum Gasteiger partial charge on any atom is -0.382 e. The normalized spacial score (nSPS) is 16.1. The number of nitrogens with one attached hydrogen (secondary N) is 1. The summed E-state index contributed by atoms with van der Waals surface area (Å²) in [6.45, 7) is 1.83. The largest absolute Gasteiger partial charge is 0.382 e. The van der Waals surface area contributed by atoms with Crippen LogP contribution >= 0.6 is 24.0 Å². The van der Waals surface area contributed by atoms with Crippen LogP contribution in [-0.2, 0) is 0 Å². The number of aromatic nitrogens is 2. The quantitative estimate of drug-likeness (QED) is 0.736. The topological polar surface area (TPSA) is 63.8 Å². The molecule has 1 aromatic heterocycles. The van der Waals surface area contributed by atoms with Gasteiger partial charge in [0.25, 0.3) is 0 Å². The van der Waals surface area contributed by atoms with Crippen LogP contribution in [0.1, 0.15) is 11.6 Å². The molecule has 1 aliphatic heterocycles. The van der Waals surface area contributed by atoms with Crippen molar-refractivity contribution in [2.45, 2.75) is 5.92 Å². The van der Waals surface area contributed by atoms with E-state index in [0.717, 1.165) is 18.8 Å². The van der Waals surface area contributed by atoms with Crippen LogP contribution in [0.3, 0.4) is 0 Å². The van der Waals surface area contributed by atoms with Crippen molar-refractivity contribution < 1.29 is 0 Å². The van der Waals surface area contributed by atoms with E-state index in [-0.39, 0.29) is 12.4 Å². The molecule has 1 aliphatic rings. The molecule has 0 amide bonds. The van der Waals surface area contributed by atoms with Crippen LogP contribution in [-0.4, -0.2) is 23.1 Å². The molecule has 0 radical (unpaired) electrons. The van der Waals surface area contributed by atoms with E-state index in [9.17, 15) is 0 Å². The molecule has 0 atom stereocenters. The fourth-order valence-electron chi connectivity index (χ4n) is 1.17. The zero-order chi connectivity index (χ0) is 8.55. The Kier molecular flexibility index (Phi) is 3.30. The van der Waals surface area contributed by atoms with Crippen LogP contribution in [0.15, 0.2) is 6.20 Å². The third kappa shape index (κ3) is 2.02. The van der Waals surface area contributed by atoms with Gasteiger partial charge in [0, 0.05) is 19.0 Å². The third-order valence-corrected chi connectivity index (χ3v) is 2.15. The van der Waals surface area contributed by atoms with Crippen molar-refractivity contribution in [2.75, 3.05) is 18.8 Å². The van der Waals surface area contributed by atoms with Crippen LogP contribution in [0.25, 0.3) is 0 Å². The number of nitrogens with zero attached hydrogens (tertiary/aromatic N) is 2. The Hall–Kier alpha value is -0.580. The number of rotatable bonds is 1. The monoisotopic (exact) mass is 220 g/mol. The van der Waals surface area contributed by atoms with E-state index in [1.807, 2.05) is 0 Å². The molecule has 0 saturated carbocycles. The fraction of sp³-hybridized carbons (Fsp3) is 0.429. The molecule has 0 aliphatic carbocycles. The fourth-order valence-corrected chi connectivity index (χ4v) is 1.31. The van der Waals surface area contributed by atoms with Gasteiger partial charge in [-0.25, -0.2) is 9.97 Å². The lowest BCUT2D eigenvalue weighted by atomic mass is 9.99. The van der Waals surface area contributed by atoms with Gasteiger partial charge >= 0.3 is 0 Å². The summed E-state index contributed by atoms with van der Waals surface area (Å²) in [6.07, 6.45) is 1.46. The number of nitrogens with two attached hydrogens (primary N) is 1. The maximum absolute atomic E-state index is 5.69. The molecule has 1 saturated heterocycles. The van der Waals surface area contributed by atoms with Gasteiger partial charge in [0.1, 0.15) is 11.0 Å². The summed E-state index contributed by atoms with van der Waals surface area (Å²) in [5.74, 6) is 0.877. The lowest BCUT2D eigenvalue weighted by molar-refractivity contribution is 0.440. The SMILES string of the molecule is Cl.Nc1ncc(Cl)nc1C1CNC1. The second-order valence-corrected chi connectivity index (χ2v) is 3.21. The predicted octanol–water partition coefficient (Wildman–Crippen LogP) is 0.821. The zero-order valence-corrected chi connectivity index (χ0v) is 8.40. The molecular formula is C7H10Cl2N4. The molecule has 0 bridgehead atoms. The highest BCUT2D eigenvalue weighted by molar-refractivity contribution is 6.29. The number of hydrogen-bond donors (Lipinski definition) is 2. The molecule has 1 aromatic rings. The van der Waals surface area contributed by atoms with Crippen molar-refractivity contribution in [3.8, 4) is 0 Å². The third-order valence-electron chi connectivity index (χ3n) is 1.97. The number of halogens is 2. The molecule has 0 aromatic carbocycles. The number of anilines is 1. The first-order valence-corrected chi connectivity index (χ1v) is 4.14. The van der Waals surface area contributed by atoms with Crippen molar-refractivity contribution in [2.24, 2.45) is 0 Å². The Labute approximate surface area is 87.3 Å². The lowest BCUT2D eigenvalue weighted by Crippen LogP contribution is -2.40. The summed E-state index contributed by atoms with van der Waals surface area (Å²) in [5.41, 5.74) is 6.46. The Morgan fingerprint density at radius 2 is 2.23 bits per heavy atom. The average molecular weight is 221 g/mol. The standard InChI is InChI=1S/C7H9ClN4.ClH/c8-5-3-11-7(9)6(12-5)4-1-10-2-4;/h3-4,10H,1-2H2,(H2,9,11);1H. The molecule has 1 fully saturated rings. The summed E-state index contributed by atoms with van der Waals surface area (Å²) in [6, 6.07) is 0. The van der Waals surface area contributed by atoms with Gasteiger partial charge in [-0.05, 0) is 0 Å². The van der Waals surface area contributed by atoms with Crippen molar-refractivity contribution >= 4 is 29.8 Å². The maximum Gasteiger partial charge on any atom is 0.147 e. The summed E-state index contributed by atoms with van der Waals surface area (Å²) in [5, 5.41) is 3.55. The van der Waals surface area contributed by atoms with Gasteiger partial charge in [-0.1, -0.05) is 11.6 Å². The molecule has 0 unspecified atom stereocenters. The molecule has 2 rings (SSSR count). The zero-order valence-electron chi connectivity index (χ0n) is 6.83. The molecular weight excluding hydrogens is 211 g/mol. The highest BCUT2D eigenvalue weighted by atomic mass is 35.5. The summed E-state index contributed by atoms with van der Waals surface area (Å²) in [7, 11) is 0. The van der Waals surface area contributed by atoms with Crippen LogP contribution in [0.4, 0.5) is 5.82 Å². The maximum atomic E-state index is 5.69. The van der Waals surface area contributed by atoms with Gasteiger partial charge in [0.05, 0.1) is 11.9 Å². The Balaban J connectivity index is 0.000000845. The smallest absolute Gasteiger partial charge is 0.147 e. The first-order chi connectivity index (χ1) is 5.77. The number of nitrogen functional groups attached to an aromatic ring is 1. The van der Waals surface area contributed by atoms with Gasteiger partial charge in [-0.2, -0.15) is 0 Å². The number of hydrogen-bond acceptors (Lipinski definition) is 4. The van der Waals surface area contributed by atoms with Crippen molar-refractivity contribution in [1.29, 1.82) is 0 Å². The van der Waals surface area contributed by atoms with Crippen molar-refractivity contribution in [3.05, 3.63) is 17.0 Å². The van der Waals surface area contributed by atoms with Crippen molar-refractivity contribution in [3.63, 3.8) is 0 Å². The van der Waals surface area contributed by atoms with Gasteiger partial charge in [0.2, 0.25) is 0 Å². The summed E-state index contributed by atoms with van der Waals surface area (Å²) in [4.78, 5) is 8.07. The lowest BCUT2D eigenvalue weighted by Gasteiger charge is -2.26. The molecule has 4 nitrogen and oxygen atoms in total. The Morgan fingerprint density at radius 3 is 2.77 bits per heavy atom. The predicted molar refractivity (Wildman–Crippen MR) is 54.3 cm³/mol. The summed E-state index contributed by atoms with van der Waals surface area (Å²) < 4.78 is 0. The minimum absolute atomic E-state index is 0. The average Bonchev–Trinajstić information content (AvgIpc) is 1.93. The van der Waals surface area contributed by atoms with E-state index in [1.54, 1.807) is 0 Å². The molecule has 2 heterocycles. The Morgan fingerprint density at radius 1 is 1.54 bits per heavy atom. The van der Waals surface area contributed by atoms with Crippen LogP contribution in [0.5, 0.6) is 0 Å². The first-order valence-electron chi connectivity index (χ1n) is 3.76. The van der Waals surface area contributed by atoms with E-state index in [0.29, 0.717) is 16.9 Å². The van der Waals surface area contributed by atoms with Crippen molar-refractivity contribution in [1.82, 2.24) is 15.3 Å². The van der Waals surface area contributed by atoms with Gasteiger partial charge in [-0.15, -0.1) is 12.4 Å². The molecule has 72 valence electrons. The second-order valence-electron chi connectivity index (χ2n) is 2.82. The van der Waals surface area contributed by atoms with E-state index in [1.165, 1.54) is 6.20 Å². The molecule has 6 heteroatoms. The van der Waals surface area contributed by atoms with E-state index < -0.39 is 0 Å². The first kappa shape index (κ1) is 10.5. The van der Waals surface area contributed by atoms with Gasteiger partial charge in [0.15, 0.2) is 0 Å². The van der Waals surface area contributed by atoms with Gasteiger partial charge in [-0.3, -0.25) is 0 Å². The van der Waals surface area contributed by atoms with E-state index >= 15 is 0 Å². The molecule has 3 N–H and O–H groups in total. The van der Waals surface area contributed by atoms with Crippen LogP contribution in [0.2, 0.25) is 5.15 Å². The van der Waals surface area contributed by atoms with E-state index in [2.05, 4.69) is 15.3 Å². The molecule has 13 heavy (non-hydrogen) atoms. The summed E-state index contributed by atoms with van der Waals surface area (Å²) >= 11 is 5.69. The van der Waals surface area contributed by atoms with Crippen LogP contribution in [0, 0.1) is 0 Å². The van der Waals surface area contributed by atoms with E-state index in [4.69, 9.17) is 17.3 Å². The minimum atomic E-state index is 0. The van der Waals surface area contributed by atoms with Crippen LogP contribution < -0.4 is 11.1 Å². The molecule has 0 spiro atoms. The highest BCUT2D eigenvalue weighted by Crippen LogP contribution is 2.22.